The van der Waals surface area contributed by atoms with Gasteiger partial charge in [-0.15, -0.1) is 0 Å². The van der Waals surface area contributed by atoms with Crippen LogP contribution in [-0.4, -0.2) is 63.5 Å². The van der Waals surface area contributed by atoms with Gasteiger partial charge in [0.25, 0.3) is 0 Å². The number of halogens is 1. The molecule has 23 heavy (non-hydrogen) atoms. The number of carbonyl (C=O) groups is 1. The molecular weight excluding hydrogens is 301 g/mol. The van der Waals surface area contributed by atoms with E-state index in [0.717, 1.165) is 0 Å². The van der Waals surface area contributed by atoms with Crippen LogP contribution in [0.5, 0.6) is 0 Å². The van der Waals surface area contributed by atoms with Crippen LogP contribution in [0.3, 0.4) is 0 Å². The minimum Gasteiger partial charge on any atom is -0.376 e. The number of benzene rings is 1. The Kier molecular flexibility index (Phi) is 6.27. The van der Waals surface area contributed by atoms with Crippen LogP contribution in [0, 0.1) is 5.82 Å². The quantitative estimate of drug-likeness (QED) is 0.774. The number of ether oxygens (including phenoxy) is 3. The van der Waals surface area contributed by atoms with Crippen molar-refractivity contribution in [1.82, 2.24) is 4.90 Å². The molecule has 1 aliphatic rings. The Hall–Kier alpha value is -1.76. The van der Waals surface area contributed by atoms with Crippen molar-refractivity contribution in [3.05, 3.63) is 41.7 Å². The normalized spacial score (nSPS) is 24.8. The third-order valence-corrected chi connectivity index (χ3v) is 4.00. The highest BCUT2D eigenvalue weighted by atomic mass is 19.1. The number of rotatable bonds is 5. The summed E-state index contributed by atoms with van der Waals surface area (Å²) in [6, 6.07) is 5.81. The largest absolute Gasteiger partial charge is 0.376 e. The molecule has 126 valence electrons. The van der Waals surface area contributed by atoms with Gasteiger partial charge in [-0.3, -0.25) is 4.79 Å². The first-order valence-corrected chi connectivity index (χ1v) is 7.40. The van der Waals surface area contributed by atoms with E-state index < -0.39 is 0 Å². The molecule has 0 bridgehead atoms. The molecule has 6 heteroatoms. The van der Waals surface area contributed by atoms with E-state index in [9.17, 15) is 9.18 Å². The Morgan fingerprint density at radius 2 is 2.13 bits per heavy atom. The van der Waals surface area contributed by atoms with Crippen molar-refractivity contribution < 1.29 is 23.4 Å². The lowest BCUT2D eigenvalue weighted by atomic mass is 10.0. The Labute approximate surface area is 135 Å². The molecule has 1 aromatic rings. The summed E-state index contributed by atoms with van der Waals surface area (Å²) < 4.78 is 29.5. The van der Waals surface area contributed by atoms with Crippen molar-refractivity contribution in [3.8, 4) is 0 Å². The SMILES string of the molecule is CO[C@H]1[C@H](N(C)C(=O)/C=C/c2cccc(F)c2)COC[C@H]1OC. The summed E-state index contributed by atoms with van der Waals surface area (Å²) in [7, 11) is 4.88. The van der Waals surface area contributed by atoms with Crippen molar-refractivity contribution in [3.63, 3.8) is 0 Å². The highest BCUT2D eigenvalue weighted by Crippen LogP contribution is 2.19. The van der Waals surface area contributed by atoms with Crippen LogP contribution in [0.4, 0.5) is 4.39 Å². The van der Waals surface area contributed by atoms with E-state index in [1.54, 1.807) is 44.4 Å². The summed E-state index contributed by atoms with van der Waals surface area (Å²) in [5.74, 6) is -0.544. The maximum atomic E-state index is 13.1. The Morgan fingerprint density at radius 3 is 2.78 bits per heavy atom. The van der Waals surface area contributed by atoms with Gasteiger partial charge < -0.3 is 19.1 Å². The Balaban J connectivity index is 2.06. The van der Waals surface area contributed by atoms with E-state index in [1.807, 2.05) is 0 Å². The lowest BCUT2D eigenvalue weighted by Crippen LogP contribution is -2.57. The number of amides is 1. The fourth-order valence-corrected chi connectivity index (χ4v) is 2.64. The molecular formula is C17H22FNO4. The van der Waals surface area contributed by atoms with Gasteiger partial charge in [0.2, 0.25) is 5.91 Å². The van der Waals surface area contributed by atoms with Crippen molar-refractivity contribution in [2.45, 2.75) is 18.2 Å². The van der Waals surface area contributed by atoms with Gasteiger partial charge in [0.15, 0.2) is 0 Å². The zero-order valence-corrected chi connectivity index (χ0v) is 13.6. The fraction of sp³-hybridized carbons (Fsp3) is 0.471. The van der Waals surface area contributed by atoms with Gasteiger partial charge in [-0.1, -0.05) is 12.1 Å². The minimum atomic E-state index is -0.337. The lowest BCUT2D eigenvalue weighted by Gasteiger charge is -2.40. The predicted octanol–water partition coefficient (Wildman–Crippen LogP) is 1.73. The second kappa shape index (κ2) is 8.19. The average Bonchev–Trinajstić information content (AvgIpc) is 2.58. The molecule has 0 aliphatic carbocycles. The molecule has 1 fully saturated rings. The number of nitrogens with zero attached hydrogens (tertiary/aromatic N) is 1. The van der Waals surface area contributed by atoms with Crippen LogP contribution in [0.1, 0.15) is 5.56 Å². The number of hydrogen-bond donors (Lipinski definition) is 0. The number of likely N-dealkylation sites (N-methyl/N-ethyl adjacent to an activating group) is 1. The summed E-state index contributed by atoms with van der Waals surface area (Å²) >= 11 is 0. The molecule has 1 heterocycles. The zero-order chi connectivity index (χ0) is 16.8. The average molecular weight is 323 g/mol. The van der Waals surface area contributed by atoms with Crippen LogP contribution >= 0.6 is 0 Å². The predicted molar refractivity (Wildman–Crippen MR) is 84.4 cm³/mol. The maximum Gasteiger partial charge on any atom is 0.246 e. The van der Waals surface area contributed by atoms with Crippen molar-refractivity contribution in [2.75, 3.05) is 34.5 Å². The highest BCUT2D eigenvalue weighted by molar-refractivity contribution is 5.91. The summed E-state index contributed by atoms with van der Waals surface area (Å²) in [4.78, 5) is 13.9. The third kappa shape index (κ3) is 4.37. The van der Waals surface area contributed by atoms with E-state index >= 15 is 0 Å². The molecule has 0 spiro atoms. The summed E-state index contributed by atoms with van der Waals surface area (Å²) in [6.45, 7) is 0.821. The number of hydrogen-bond acceptors (Lipinski definition) is 4. The second-order valence-electron chi connectivity index (χ2n) is 5.42. The molecule has 3 atom stereocenters. The molecule has 1 saturated heterocycles. The summed E-state index contributed by atoms with van der Waals surface area (Å²) in [5.41, 5.74) is 0.629. The van der Waals surface area contributed by atoms with E-state index in [-0.39, 0.29) is 30.0 Å². The highest BCUT2D eigenvalue weighted by Gasteiger charge is 2.38. The van der Waals surface area contributed by atoms with Crippen LogP contribution in [-0.2, 0) is 19.0 Å². The molecule has 0 N–H and O–H groups in total. The van der Waals surface area contributed by atoms with Gasteiger partial charge in [-0.05, 0) is 23.8 Å². The second-order valence-corrected chi connectivity index (χ2v) is 5.42. The van der Waals surface area contributed by atoms with Crippen LogP contribution in [0.2, 0.25) is 0 Å². The molecule has 5 nitrogen and oxygen atoms in total. The van der Waals surface area contributed by atoms with E-state index in [0.29, 0.717) is 18.8 Å². The molecule has 2 rings (SSSR count). The Bertz CT molecular complexity index is 563. The molecule has 1 amide bonds. The van der Waals surface area contributed by atoms with Gasteiger partial charge >= 0.3 is 0 Å². The molecule has 1 aromatic carbocycles. The van der Waals surface area contributed by atoms with Gasteiger partial charge in [0.1, 0.15) is 18.0 Å². The first-order chi connectivity index (χ1) is 11.1. The van der Waals surface area contributed by atoms with Crippen molar-refractivity contribution in [2.24, 2.45) is 0 Å². The molecule has 1 aliphatic heterocycles. The maximum absolute atomic E-state index is 13.1. The monoisotopic (exact) mass is 323 g/mol. The van der Waals surface area contributed by atoms with E-state index in [1.165, 1.54) is 18.2 Å². The molecule has 0 saturated carbocycles. The lowest BCUT2D eigenvalue weighted by molar-refractivity contribution is -0.161. The van der Waals surface area contributed by atoms with Gasteiger partial charge in [0.05, 0.1) is 19.3 Å². The topological polar surface area (TPSA) is 48.0 Å². The number of methoxy groups -OCH3 is 2. The van der Waals surface area contributed by atoms with Gasteiger partial charge in [0, 0.05) is 27.3 Å². The first-order valence-electron chi connectivity index (χ1n) is 7.40. The van der Waals surface area contributed by atoms with E-state index in [4.69, 9.17) is 14.2 Å². The smallest absolute Gasteiger partial charge is 0.246 e. The van der Waals surface area contributed by atoms with Crippen molar-refractivity contribution >= 4 is 12.0 Å². The molecule has 0 unspecified atom stereocenters. The van der Waals surface area contributed by atoms with Gasteiger partial charge in [-0.2, -0.15) is 0 Å². The van der Waals surface area contributed by atoms with Crippen molar-refractivity contribution in [1.29, 1.82) is 0 Å². The van der Waals surface area contributed by atoms with Gasteiger partial charge in [-0.25, -0.2) is 4.39 Å². The summed E-state index contributed by atoms with van der Waals surface area (Å²) in [5, 5.41) is 0. The third-order valence-electron chi connectivity index (χ3n) is 4.00. The van der Waals surface area contributed by atoms with E-state index in [2.05, 4.69) is 0 Å². The van der Waals surface area contributed by atoms with Crippen LogP contribution in [0.15, 0.2) is 30.3 Å². The van der Waals surface area contributed by atoms with Crippen LogP contribution in [0.25, 0.3) is 6.08 Å². The minimum absolute atomic E-state index is 0.207. The van der Waals surface area contributed by atoms with Crippen LogP contribution < -0.4 is 0 Å². The zero-order valence-electron chi connectivity index (χ0n) is 13.6. The Morgan fingerprint density at radius 1 is 1.35 bits per heavy atom. The molecule has 0 aromatic heterocycles. The fourth-order valence-electron chi connectivity index (χ4n) is 2.64. The number of carbonyl (C=O) groups excluding carboxylic acids is 1. The standard InChI is InChI=1S/C17H22FNO4/c1-19(14-10-23-11-15(21-2)17(14)22-3)16(20)8-7-12-5-4-6-13(18)9-12/h4-9,14-15,17H,10-11H2,1-3H3/b8-7+/t14-,15-,17+/m1/s1. The first kappa shape index (κ1) is 17.6. The summed E-state index contributed by atoms with van der Waals surface area (Å²) in [6.07, 6.45) is 2.52. The molecule has 0 radical (unpaired) electrons.